The maximum atomic E-state index is 14.3. The van der Waals surface area contributed by atoms with Gasteiger partial charge in [0.25, 0.3) is 5.91 Å². The lowest BCUT2D eigenvalue weighted by molar-refractivity contribution is -0.129. The summed E-state index contributed by atoms with van der Waals surface area (Å²) in [6, 6.07) is 4.69. The monoisotopic (exact) mass is 419 g/mol. The molecule has 1 amide bonds. The first-order valence-electron chi connectivity index (χ1n) is 9.86. The van der Waals surface area contributed by atoms with E-state index in [9.17, 15) is 14.0 Å². The minimum absolute atomic E-state index is 0.0844. The summed E-state index contributed by atoms with van der Waals surface area (Å²) in [5.74, 6) is -1.39. The molecule has 29 heavy (non-hydrogen) atoms. The van der Waals surface area contributed by atoms with Gasteiger partial charge in [0.2, 0.25) is 0 Å². The number of carbonyl (C=O) groups is 2. The highest BCUT2D eigenvalue weighted by atomic mass is 32.1. The normalized spacial score (nSPS) is 15.1. The molecule has 0 radical (unpaired) electrons. The smallest absolute Gasteiger partial charge is 0.349 e. The maximum Gasteiger partial charge on any atom is 0.349 e. The van der Waals surface area contributed by atoms with Gasteiger partial charge in [0.1, 0.15) is 10.7 Å². The maximum absolute atomic E-state index is 14.3. The number of nitrogens with one attached hydrogen (secondary N) is 1. The summed E-state index contributed by atoms with van der Waals surface area (Å²) in [4.78, 5) is 25.2. The van der Waals surface area contributed by atoms with Crippen LogP contribution in [0, 0.1) is 5.82 Å². The number of methoxy groups -OCH3 is 1. The molecule has 0 spiro atoms. The average molecular weight is 420 g/mol. The van der Waals surface area contributed by atoms with E-state index in [1.54, 1.807) is 12.1 Å². The van der Waals surface area contributed by atoms with E-state index in [2.05, 4.69) is 11.4 Å². The van der Waals surface area contributed by atoms with Crippen LogP contribution in [0.5, 0.6) is 0 Å². The molecule has 0 aliphatic heterocycles. The molecule has 1 N–H and O–H groups in total. The van der Waals surface area contributed by atoms with Gasteiger partial charge in [0.15, 0.2) is 6.10 Å². The zero-order chi connectivity index (χ0) is 20.8. The number of ether oxygens (including phenoxy) is 2. The largest absolute Gasteiger partial charge is 0.448 e. The van der Waals surface area contributed by atoms with Gasteiger partial charge in [-0.2, -0.15) is 0 Å². The number of benzene rings is 1. The van der Waals surface area contributed by atoms with Crippen LogP contribution >= 0.6 is 11.3 Å². The first kappa shape index (κ1) is 21.5. The summed E-state index contributed by atoms with van der Waals surface area (Å²) in [5, 5.41) is 3.19. The number of esters is 1. The van der Waals surface area contributed by atoms with Gasteiger partial charge >= 0.3 is 5.97 Å². The number of amides is 1. The Kier molecular flexibility index (Phi) is 7.39. The first-order chi connectivity index (χ1) is 14.0. The fourth-order valence-corrected chi connectivity index (χ4v) is 4.61. The van der Waals surface area contributed by atoms with E-state index < -0.39 is 17.9 Å². The molecule has 1 heterocycles. The number of allylic oxidation sites excluding steroid dienone is 1. The summed E-state index contributed by atoms with van der Waals surface area (Å²) >= 11 is 1.14. The average Bonchev–Trinajstić information content (AvgIpc) is 3.09. The Hall–Kier alpha value is -2.25. The Labute approximate surface area is 173 Å². The second-order valence-electron chi connectivity index (χ2n) is 7.15. The van der Waals surface area contributed by atoms with Gasteiger partial charge in [-0.3, -0.25) is 4.79 Å². The molecule has 7 heteroatoms. The summed E-state index contributed by atoms with van der Waals surface area (Å²) in [5.41, 5.74) is 1.82. The molecule has 1 aromatic carbocycles. The third-order valence-electron chi connectivity index (χ3n) is 5.02. The van der Waals surface area contributed by atoms with E-state index in [4.69, 9.17) is 9.47 Å². The third-order valence-corrected chi connectivity index (χ3v) is 6.20. The standard InChI is InChI=1S/C22H26FNO4S/c1-14(21(25)24-12-11-15-7-4-3-5-8-15)28-22(26)20-16(13-27-2)19-17(23)9-6-10-18(19)29-20/h6-7,9-10,14H,3-5,8,11-13H2,1-2H3,(H,24,25). The van der Waals surface area contributed by atoms with Crippen LogP contribution in [0.4, 0.5) is 4.39 Å². The number of rotatable bonds is 8. The second kappa shape index (κ2) is 9.98. The van der Waals surface area contributed by atoms with Gasteiger partial charge in [-0.05, 0) is 51.2 Å². The minimum Gasteiger partial charge on any atom is -0.448 e. The van der Waals surface area contributed by atoms with E-state index in [-0.39, 0.29) is 17.4 Å². The lowest BCUT2D eigenvalue weighted by atomic mass is 9.97. The van der Waals surface area contributed by atoms with E-state index in [0.717, 1.165) is 30.6 Å². The molecule has 5 nitrogen and oxygen atoms in total. The summed E-state index contributed by atoms with van der Waals surface area (Å²) in [6.45, 7) is 2.15. The molecular weight excluding hydrogens is 393 g/mol. The fourth-order valence-electron chi connectivity index (χ4n) is 3.50. The predicted octanol–water partition coefficient (Wildman–Crippen LogP) is 4.74. The molecule has 156 valence electrons. The lowest BCUT2D eigenvalue weighted by Crippen LogP contribution is -2.36. The molecule has 0 saturated heterocycles. The van der Waals surface area contributed by atoms with E-state index >= 15 is 0 Å². The highest BCUT2D eigenvalue weighted by molar-refractivity contribution is 7.21. The summed E-state index contributed by atoms with van der Waals surface area (Å²) < 4.78 is 25.4. The molecule has 1 unspecified atom stereocenters. The van der Waals surface area contributed by atoms with Crippen molar-refractivity contribution in [3.8, 4) is 0 Å². The minimum atomic E-state index is -0.937. The number of hydrogen-bond acceptors (Lipinski definition) is 5. The first-order valence-corrected chi connectivity index (χ1v) is 10.7. The van der Waals surface area contributed by atoms with Crippen LogP contribution in [-0.4, -0.2) is 31.6 Å². The second-order valence-corrected chi connectivity index (χ2v) is 8.20. The molecule has 2 aromatic rings. The molecular formula is C22H26FNO4S. The van der Waals surface area contributed by atoms with Crippen molar-refractivity contribution in [3.05, 3.63) is 46.1 Å². The SMILES string of the molecule is COCc1c(C(=O)OC(C)C(=O)NCCC2=CCCCC2)sc2cccc(F)c12. The van der Waals surface area contributed by atoms with Crippen molar-refractivity contribution in [2.75, 3.05) is 13.7 Å². The van der Waals surface area contributed by atoms with Crippen LogP contribution in [0.3, 0.4) is 0 Å². The number of thiophene rings is 1. The van der Waals surface area contributed by atoms with Crippen molar-refractivity contribution < 1.29 is 23.5 Å². The Morgan fingerprint density at radius 2 is 2.14 bits per heavy atom. The van der Waals surface area contributed by atoms with Crippen LogP contribution in [0.25, 0.3) is 10.1 Å². The van der Waals surface area contributed by atoms with Crippen molar-refractivity contribution in [3.63, 3.8) is 0 Å². The Bertz CT molecular complexity index is 921. The Morgan fingerprint density at radius 3 is 2.86 bits per heavy atom. The topological polar surface area (TPSA) is 64.6 Å². The van der Waals surface area contributed by atoms with Gasteiger partial charge in [-0.25, -0.2) is 9.18 Å². The van der Waals surface area contributed by atoms with Gasteiger partial charge in [-0.1, -0.05) is 17.7 Å². The van der Waals surface area contributed by atoms with Crippen molar-refractivity contribution >= 4 is 33.3 Å². The van der Waals surface area contributed by atoms with Gasteiger partial charge < -0.3 is 14.8 Å². The highest BCUT2D eigenvalue weighted by Crippen LogP contribution is 2.34. The lowest BCUT2D eigenvalue weighted by Gasteiger charge is -2.15. The van der Waals surface area contributed by atoms with Crippen LogP contribution < -0.4 is 5.32 Å². The van der Waals surface area contributed by atoms with Crippen LogP contribution in [0.1, 0.15) is 54.3 Å². The Morgan fingerprint density at radius 1 is 1.31 bits per heavy atom. The van der Waals surface area contributed by atoms with E-state index in [1.807, 2.05) is 0 Å². The predicted molar refractivity (Wildman–Crippen MR) is 112 cm³/mol. The van der Waals surface area contributed by atoms with Crippen molar-refractivity contribution in [2.24, 2.45) is 0 Å². The quantitative estimate of drug-likeness (QED) is 0.496. The van der Waals surface area contributed by atoms with Crippen molar-refractivity contribution in [1.82, 2.24) is 5.32 Å². The third kappa shape index (κ3) is 5.22. The van der Waals surface area contributed by atoms with Gasteiger partial charge in [-0.15, -0.1) is 11.3 Å². The van der Waals surface area contributed by atoms with Crippen molar-refractivity contribution in [1.29, 1.82) is 0 Å². The van der Waals surface area contributed by atoms with Gasteiger partial charge in [0.05, 0.1) is 6.61 Å². The van der Waals surface area contributed by atoms with Crippen LogP contribution in [0.2, 0.25) is 0 Å². The zero-order valence-electron chi connectivity index (χ0n) is 16.8. The molecule has 3 rings (SSSR count). The molecule has 0 saturated carbocycles. The molecule has 1 aliphatic rings. The highest BCUT2D eigenvalue weighted by Gasteiger charge is 2.25. The molecule has 1 aromatic heterocycles. The number of carbonyl (C=O) groups excluding carboxylic acids is 2. The number of fused-ring (bicyclic) bond motifs is 1. The van der Waals surface area contributed by atoms with Gasteiger partial charge in [0, 0.05) is 29.3 Å². The van der Waals surface area contributed by atoms with Crippen molar-refractivity contribution in [2.45, 2.75) is 51.7 Å². The summed E-state index contributed by atoms with van der Waals surface area (Å²) in [7, 11) is 1.48. The van der Waals surface area contributed by atoms with E-state index in [1.165, 1.54) is 38.5 Å². The van der Waals surface area contributed by atoms with Crippen LogP contribution in [0.15, 0.2) is 29.8 Å². The number of halogens is 1. The number of hydrogen-bond donors (Lipinski definition) is 1. The fraction of sp³-hybridized carbons (Fsp3) is 0.455. The summed E-state index contributed by atoms with van der Waals surface area (Å²) in [6.07, 6.45) is 6.76. The zero-order valence-corrected chi connectivity index (χ0v) is 17.6. The Balaban J connectivity index is 1.63. The van der Waals surface area contributed by atoms with E-state index in [0.29, 0.717) is 22.2 Å². The molecule has 0 bridgehead atoms. The molecule has 0 fully saturated rings. The molecule has 1 aliphatic carbocycles. The van der Waals surface area contributed by atoms with Crippen LogP contribution in [-0.2, 0) is 20.9 Å². The molecule has 1 atom stereocenters.